The van der Waals surface area contributed by atoms with Gasteiger partial charge in [-0.3, -0.25) is 9.69 Å². The van der Waals surface area contributed by atoms with E-state index in [1.165, 1.54) is 0 Å². The second-order valence-electron chi connectivity index (χ2n) is 3.33. The van der Waals surface area contributed by atoms with Gasteiger partial charge in [0.05, 0.1) is 12.7 Å². The van der Waals surface area contributed by atoms with Crippen LogP contribution in [0.2, 0.25) is 0 Å². The van der Waals surface area contributed by atoms with Crippen LogP contribution in [0.25, 0.3) is 0 Å². The molecular formula is C8H15NO4. The molecule has 1 aliphatic rings. The van der Waals surface area contributed by atoms with Crippen LogP contribution in [0.5, 0.6) is 0 Å². The Balaban J connectivity index is 2.44. The Morgan fingerprint density at radius 3 is 2.85 bits per heavy atom. The van der Waals surface area contributed by atoms with Crippen molar-refractivity contribution in [3.05, 3.63) is 0 Å². The monoisotopic (exact) mass is 189 g/mol. The molecule has 0 bridgehead atoms. The maximum atomic E-state index is 10.7. The van der Waals surface area contributed by atoms with E-state index in [0.717, 1.165) is 6.42 Å². The molecular weight excluding hydrogens is 174 g/mol. The molecule has 0 radical (unpaired) electrons. The summed E-state index contributed by atoms with van der Waals surface area (Å²) >= 11 is 0. The molecule has 0 saturated carbocycles. The number of carboxylic acid groups (broad SMARTS) is 1. The first kappa shape index (κ1) is 10.4. The summed E-state index contributed by atoms with van der Waals surface area (Å²) in [5, 5.41) is 26.5. The van der Waals surface area contributed by atoms with Crippen molar-refractivity contribution in [2.24, 2.45) is 0 Å². The molecule has 1 aliphatic heterocycles. The molecule has 1 rings (SSSR count). The van der Waals surface area contributed by atoms with Crippen LogP contribution in [0.3, 0.4) is 0 Å². The van der Waals surface area contributed by atoms with E-state index in [0.29, 0.717) is 13.0 Å². The number of carbonyl (C=O) groups is 1. The number of hydrogen-bond acceptors (Lipinski definition) is 4. The molecule has 76 valence electrons. The Kier molecular flexibility index (Phi) is 3.65. The van der Waals surface area contributed by atoms with Gasteiger partial charge in [0.2, 0.25) is 0 Å². The fourth-order valence-electron chi connectivity index (χ4n) is 1.65. The number of rotatable bonds is 4. The van der Waals surface area contributed by atoms with Crippen LogP contribution in [-0.4, -0.2) is 58.0 Å². The Morgan fingerprint density at radius 1 is 1.62 bits per heavy atom. The topological polar surface area (TPSA) is 81.0 Å². The van der Waals surface area contributed by atoms with Crippen molar-refractivity contribution in [2.45, 2.75) is 25.0 Å². The van der Waals surface area contributed by atoms with E-state index < -0.39 is 18.1 Å². The lowest BCUT2D eigenvalue weighted by Crippen LogP contribution is -2.41. The molecule has 3 N–H and O–H groups in total. The molecule has 2 atom stereocenters. The van der Waals surface area contributed by atoms with E-state index in [-0.39, 0.29) is 13.2 Å². The summed E-state index contributed by atoms with van der Waals surface area (Å²) in [7, 11) is 0. The highest BCUT2D eigenvalue weighted by molar-refractivity contribution is 5.73. The smallest absolute Gasteiger partial charge is 0.320 e. The Morgan fingerprint density at radius 2 is 2.31 bits per heavy atom. The van der Waals surface area contributed by atoms with Gasteiger partial charge in [-0.05, 0) is 19.4 Å². The van der Waals surface area contributed by atoms with Gasteiger partial charge in [-0.1, -0.05) is 0 Å². The van der Waals surface area contributed by atoms with Crippen molar-refractivity contribution in [2.75, 3.05) is 19.7 Å². The van der Waals surface area contributed by atoms with Gasteiger partial charge < -0.3 is 15.3 Å². The molecule has 1 saturated heterocycles. The van der Waals surface area contributed by atoms with Crippen molar-refractivity contribution in [1.29, 1.82) is 0 Å². The van der Waals surface area contributed by atoms with Crippen LogP contribution in [0.4, 0.5) is 0 Å². The molecule has 0 aromatic heterocycles. The van der Waals surface area contributed by atoms with E-state index in [9.17, 15) is 4.79 Å². The van der Waals surface area contributed by atoms with Gasteiger partial charge in [0.15, 0.2) is 0 Å². The zero-order valence-electron chi connectivity index (χ0n) is 7.39. The van der Waals surface area contributed by atoms with Gasteiger partial charge in [0.1, 0.15) is 6.04 Å². The summed E-state index contributed by atoms with van der Waals surface area (Å²) in [6, 6.07) is -0.485. The first-order chi connectivity index (χ1) is 6.15. The van der Waals surface area contributed by atoms with Crippen molar-refractivity contribution >= 4 is 5.97 Å². The lowest BCUT2D eigenvalue weighted by Gasteiger charge is -2.22. The molecule has 0 amide bonds. The fourth-order valence-corrected chi connectivity index (χ4v) is 1.65. The highest BCUT2D eigenvalue weighted by Crippen LogP contribution is 2.17. The number of aliphatic hydroxyl groups excluding tert-OH is 2. The zero-order chi connectivity index (χ0) is 9.84. The van der Waals surface area contributed by atoms with Gasteiger partial charge in [-0.25, -0.2) is 0 Å². The summed E-state index contributed by atoms with van der Waals surface area (Å²) in [5.41, 5.74) is 0. The van der Waals surface area contributed by atoms with Crippen LogP contribution >= 0.6 is 0 Å². The highest BCUT2D eigenvalue weighted by Gasteiger charge is 2.31. The molecule has 1 fully saturated rings. The number of carboxylic acids is 1. The van der Waals surface area contributed by atoms with Crippen molar-refractivity contribution in [3.8, 4) is 0 Å². The molecule has 13 heavy (non-hydrogen) atoms. The van der Waals surface area contributed by atoms with Crippen molar-refractivity contribution < 1.29 is 20.1 Å². The van der Waals surface area contributed by atoms with E-state index in [1.54, 1.807) is 4.90 Å². The third-order valence-corrected chi connectivity index (χ3v) is 2.30. The normalized spacial score (nSPS) is 26.2. The highest BCUT2D eigenvalue weighted by atomic mass is 16.4. The molecule has 1 unspecified atom stereocenters. The van der Waals surface area contributed by atoms with E-state index >= 15 is 0 Å². The average Bonchev–Trinajstić information content (AvgIpc) is 2.52. The van der Waals surface area contributed by atoms with Gasteiger partial charge in [-0.15, -0.1) is 0 Å². The number of nitrogens with zero attached hydrogens (tertiary/aromatic N) is 1. The second kappa shape index (κ2) is 4.55. The first-order valence-corrected chi connectivity index (χ1v) is 4.41. The summed E-state index contributed by atoms with van der Waals surface area (Å²) in [6.45, 7) is 0.615. The maximum Gasteiger partial charge on any atom is 0.320 e. The van der Waals surface area contributed by atoms with E-state index in [4.69, 9.17) is 15.3 Å². The first-order valence-electron chi connectivity index (χ1n) is 4.41. The zero-order valence-corrected chi connectivity index (χ0v) is 7.39. The minimum Gasteiger partial charge on any atom is -0.480 e. The van der Waals surface area contributed by atoms with Crippen LogP contribution in [0, 0.1) is 0 Å². The van der Waals surface area contributed by atoms with Gasteiger partial charge in [0.25, 0.3) is 0 Å². The van der Waals surface area contributed by atoms with Crippen molar-refractivity contribution in [3.63, 3.8) is 0 Å². The molecule has 5 heteroatoms. The molecule has 0 aromatic carbocycles. The van der Waals surface area contributed by atoms with Crippen molar-refractivity contribution in [1.82, 2.24) is 4.90 Å². The molecule has 0 spiro atoms. The lowest BCUT2D eigenvalue weighted by atomic mass is 10.2. The summed E-state index contributed by atoms with van der Waals surface area (Å²) in [6.07, 6.45) is 0.641. The van der Waals surface area contributed by atoms with Crippen LogP contribution in [-0.2, 0) is 4.79 Å². The molecule has 0 aromatic rings. The second-order valence-corrected chi connectivity index (χ2v) is 3.33. The molecule has 5 nitrogen and oxygen atoms in total. The minimum absolute atomic E-state index is 0.244. The van der Waals surface area contributed by atoms with E-state index in [1.807, 2.05) is 0 Å². The number of hydrogen-bond donors (Lipinski definition) is 3. The van der Waals surface area contributed by atoms with Gasteiger partial charge in [0, 0.05) is 6.54 Å². The Hall–Kier alpha value is -0.650. The number of β-amino-alcohol motifs (C(OH)–C–C–N with tert-alkyl or cyclic N) is 1. The van der Waals surface area contributed by atoms with Gasteiger partial charge >= 0.3 is 5.97 Å². The fraction of sp³-hybridized carbons (Fsp3) is 0.875. The maximum absolute atomic E-state index is 10.7. The van der Waals surface area contributed by atoms with Crippen LogP contribution in [0.15, 0.2) is 0 Å². The predicted molar refractivity (Wildman–Crippen MR) is 45.3 cm³/mol. The van der Waals surface area contributed by atoms with Crippen LogP contribution < -0.4 is 0 Å². The van der Waals surface area contributed by atoms with E-state index in [2.05, 4.69) is 0 Å². The summed E-state index contributed by atoms with van der Waals surface area (Å²) in [5.74, 6) is -0.845. The lowest BCUT2D eigenvalue weighted by molar-refractivity contribution is -0.142. The third kappa shape index (κ3) is 2.65. The minimum atomic E-state index is -0.845. The molecule has 0 aliphatic carbocycles. The predicted octanol–water partition coefficient (Wildman–Crippen LogP) is -1.11. The van der Waals surface area contributed by atoms with Crippen LogP contribution in [0.1, 0.15) is 12.8 Å². The third-order valence-electron chi connectivity index (χ3n) is 2.30. The SMILES string of the molecule is O=C(O)[C@H]1CCCN1CC(O)CO. The number of aliphatic hydroxyl groups is 2. The molecule has 1 heterocycles. The average molecular weight is 189 g/mol. The number of aliphatic carboxylic acids is 1. The van der Waals surface area contributed by atoms with Gasteiger partial charge in [-0.2, -0.15) is 0 Å². The summed E-state index contributed by atoms with van der Waals surface area (Å²) < 4.78 is 0. The standard InChI is InChI=1S/C8H15NO4/c10-5-6(11)4-9-3-1-2-7(9)8(12)13/h6-7,10-11H,1-5H2,(H,12,13)/t6?,7-/m1/s1. The Labute approximate surface area is 76.6 Å². The largest absolute Gasteiger partial charge is 0.480 e. The summed E-state index contributed by atoms with van der Waals surface area (Å²) in [4.78, 5) is 12.4. The quantitative estimate of drug-likeness (QED) is 0.522. The number of likely N-dealkylation sites (tertiary alicyclic amines) is 1. The Bertz CT molecular complexity index is 185.